The van der Waals surface area contributed by atoms with Gasteiger partial charge in [-0.25, -0.2) is 0 Å². The van der Waals surface area contributed by atoms with Gasteiger partial charge in [-0.15, -0.1) is 0 Å². The van der Waals surface area contributed by atoms with Crippen LogP contribution in [-0.2, 0) is 0 Å². The standard InChI is InChI=1S/C22H24N2/c1-11-12(2)17(7)22(20(10-24)15(11)5)21-16(6)13(3)14(4)19(9-23)18(21)8/h1-8H3. The van der Waals surface area contributed by atoms with Gasteiger partial charge in [-0.2, -0.15) is 10.5 Å². The molecule has 0 radical (unpaired) electrons. The summed E-state index contributed by atoms with van der Waals surface area (Å²) in [4.78, 5) is 0. The van der Waals surface area contributed by atoms with Crippen molar-refractivity contribution in [3.8, 4) is 23.3 Å². The maximum absolute atomic E-state index is 9.82. The minimum absolute atomic E-state index is 0.729. The summed E-state index contributed by atoms with van der Waals surface area (Å²) in [7, 11) is 0. The first-order valence-corrected chi connectivity index (χ1v) is 8.20. The van der Waals surface area contributed by atoms with Crippen LogP contribution >= 0.6 is 0 Å². The first-order chi connectivity index (χ1) is 11.2. The monoisotopic (exact) mass is 316 g/mol. The summed E-state index contributed by atoms with van der Waals surface area (Å²) in [6.45, 7) is 16.4. The summed E-state index contributed by atoms with van der Waals surface area (Å²) in [5, 5.41) is 19.4. The highest BCUT2D eigenvalue weighted by Gasteiger charge is 2.22. The second kappa shape index (κ2) is 6.14. The van der Waals surface area contributed by atoms with Gasteiger partial charge in [0, 0.05) is 5.56 Å². The van der Waals surface area contributed by atoms with Crippen molar-refractivity contribution < 1.29 is 0 Å². The van der Waals surface area contributed by atoms with Gasteiger partial charge in [0.15, 0.2) is 0 Å². The summed E-state index contributed by atoms with van der Waals surface area (Å²) in [5.41, 5.74) is 12.4. The molecule has 0 amide bonds. The van der Waals surface area contributed by atoms with Crippen LogP contribution in [0.1, 0.15) is 55.6 Å². The number of benzene rings is 2. The van der Waals surface area contributed by atoms with Crippen molar-refractivity contribution in [2.75, 3.05) is 0 Å². The van der Waals surface area contributed by atoms with E-state index in [-0.39, 0.29) is 0 Å². The smallest absolute Gasteiger partial charge is 0.100 e. The summed E-state index contributed by atoms with van der Waals surface area (Å²) in [5.74, 6) is 0. The molecule has 0 spiro atoms. The van der Waals surface area contributed by atoms with E-state index in [1.54, 1.807) is 0 Å². The molecule has 0 saturated carbocycles. The van der Waals surface area contributed by atoms with E-state index >= 15 is 0 Å². The second-order valence-electron chi connectivity index (χ2n) is 6.72. The SMILES string of the molecule is Cc1c(C)c(C)c(-c2c(C)c(C)c(C)c(C#N)c2C)c(C#N)c1C. The molecule has 2 aromatic rings. The zero-order chi connectivity index (χ0) is 18.3. The van der Waals surface area contributed by atoms with Crippen molar-refractivity contribution in [1.29, 1.82) is 10.5 Å². The number of rotatable bonds is 1. The van der Waals surface area contributed by atoms with Crippen molar-refractivity contribution >= 4 is 0 Å². The zero-order valence-electron chi connectivity index (χ0n) is 15.9. The Morgan fingerprint density at radius 1 is 0.417 bits per heavy atom. The number of nitriles is 2. The van der Waals surface area contributed by atoms with E-state index in [4.69, 9.17) is 0 Å². The fourth-order valence-electron chi connectivity index (χ4n) is 3.65. The van der Waals surface area contributed by atoms with Crippen molar-refractivity contribution in [1.82, 2.24) is 0 Å². The van der Waals surface area contributed by atoms with Crippen LogP contribution in [0, 0.1) is 78.1 Å². The van der Waals surface area contributed by atoms with Crippen LogP contribution < -0.4 is 0 Å². The predicted octanol–water partition coefficient (Wildman–Crippen LogP) is 5.56. The Hall–Kier alpha value is -2.58. The van der Waals surface area contributed by atoms with Gasteiger partial charge in [0.1, 0.15) is 6.07 Å². The van der Waals surface area contributed by atoms with Crippen LogP contribution in [0.5, 0.6) is 0 Å². The normalized spacial score (nSPS) is 10.4. The minimum atomic E-state index is 0.729. The van der Waals surface area contributed by atoms with Crippen LogP contribution in [0.3, 0.4) is 0 Å². The Kier molecular flexibility index (Phi) is 4.54. The molecule has 0 aliphatic carbocycles. The zero-order valence-corrected chi connectivity index (χ0v) is 15.9. The molecule has 0 N–H and O–H groups in total. The lowest BCUT2D eigenvalue weighted by atomic mass is 9.80. The molecule has 2 nitrogen and oxygen atoms in total. The van der Waals surface area contributed by atoms with E-state index < -0.39 is 0 Å². The topological polar surface area (TPSA) is 47.6 Å². The van der Waals surface area contributed by atoms with Gasteiger partial charge in [0.2, 0.25) is 0 Å². The Labute approximate surface area is 145 Å². The third-order valence-corrected chi connectivity index (χ3v) is 5.79. The van der Waals surface area contributed by atoms with E-state index in [0.717, 1.165) is 55.6 Å². The molecule has 0 heterocycles. The Bertz CT molecular complexity index is 948. The van der Waals surface area contributed by atoms with Crippen molar-refractivity contribution in [3.05, 3.63) is 55.6 Å². The second-order valence-corrected chi connectivity index (χ2v) is 6.72. The van der Waals surface area contributed by atoms with E-state index in [2.05, 4.69) is 46.8 Å². The summed E-state index contributed by atoms with van der Waals surface area (Å²) >= 11 is 0. The lowest BCUT2D eigenvalue weighted by Gasteiger charge is -2.23. The molecule has 2 aromatic carbocycles. The molecule has 0 aliphatic heterocycles. The van der Waals surface area contributed by atoms with Crippen LogP contribution in [0.2, 0.25) is 0 Å². The van der Waals surface area contributed by atoms with E-state index in [1.165, 1.54) is 11.1 Å². The number of nitrogens with zero attached hydrogens (tertiary/aromatic N) is 2. The predicted molar refractivity (Wildman–Crippen MR) is 99.2 cm³/mol. The van der Waals surface area contributed by atoms with Crippen molar-refractivity contribution in [3.63, 3.8) is 0 Å². The molecule has 0 atom stereocenters. The molecule has 0 bridgehead atoms. The number of hydrogen-bond acceptors (Lipinski definition) is 2. The molecule has 0 saturated heterocycles. The lowest BCUT2D eigenvalue weighted by Crippen LogP contribution is -2.06. The highest BCUT2D eigenvalue weighted by molar-refractivity contribution is 5.84. The fraction of sp³-hybridized carbons (Fsp3) is 0.364. The first kappa shape index (κ1) is 17.8. The van der Waals surface area contributed by atoms with Gasteiger partial charge in [0.25, 0.3) is 0 Å². The maximum atomic E-state index is 9.82. The maximum Gasteiger partial charge on any atom is 0.100 e. The van der Waals surface area contributed by atoms with E-state index in [1.807, 2.05) is 20.8 Å². The molecular formula is C22H24N2. The molecule has 0 unspecified atom stereocenters. The van der Waals surface area contributed by atoms with E-state index in [9.17, 15) is 10.5 Å². The average Bonchev–Trinajstić information content (AvgIpc) is 2.56. The third kappa shape index (κ3) is 2.31. The van der Waals surface area contributed by atoms with Gasteiger partial charge in [0.05, 0.1) is 17.2 Å². The van der Waals surface area contributed by atoms with Crippen molar-refractivity contribution in [2.24, 2.45) is 0 Å². The summed E-state index contributed by atoms with van der Waals surface area (Å²) < 4.78 is 0. The molecule has 0 aliphatic rings. The highest BCUT2D eigenvalue weighted by Crippen LogP contribution is 2.40. The fourth-order valence-corrected chi connectivity index (χ4v) is 3.65. The third-order valence-electron chi connectivity index (χ3n) is 5.79. The van der Waals surface area contributed by atoms with Gasteiger partial charge in [-0.05, 0) is 105 Å². The molecule has 0 fully saturated rings. The highest BCUT2D eigenvalue weighted by atomic mass is 14.3. The van der Waals surface area contributed by atoms with Gasteiger partial charge in [-0.3, -0.25) is 0 Å². The Balaban J connectivity index is 3.14. The lowest BCUT2D eigenvalue weighted by molar-refractivity contribution is 1.17. The van der Waals surface area contributed by atoms with Crippen LogP contribution in [0.15, 0.2) is 0 Å². The van der Waals surface area contributed by atoms with Crippen LogP contribution in [0.25, 0.3) is 11.1 Å². The van der Waals surface area contributed by atoms with Gasteiger partial charge >= 0.3 is 0 Å². The summed E-state index contributed by atoms with van der Waals surface area (Å²) in [6.07, 6.45) is 0. The molecule has 122 valence electrons. The number of hydrogen-bond donors (Lipinski definition) is 0. The minimum Gasteiger partial charge on any atom is -0.192 e. The quantitative estimate of drug-likeness (QED) is 0.691. The molecule has 2 rings (SSSR count). The van der Waals surface area contributed by atoms with Crippen molar-refractivity contribution in [2.45, 2.75) is 55.4 Å². The van der Waals surface area contributed by atoms with Gasteiger partial charge < -0.3 is 0 Å². The van der Waals surface area contributed by atoms with Gasteiger partial charge in [-0.1, -0.05) is 0 Å². The summed E-state index contributed by atoms with van der Waals surface area (Å²) in [6, 6.07) is 4.77. The molecule has 0 aromatic heterocycles. The molecule has 2 heteroatoms. The van der Waals surface area contributed by atoms with E-state index in [0.29, 0.717) is 0 Å². The van der Waals surface area contributed by atoms with Crippen LogP contribution in [0.4, 0.5) is 0 Å². The van der Waals surface area contributed by atoms with Crippen LogP contribution in [-0.4, -0.2) is 0 Å². The molecular weight excluding hydrogens is 292 g/mol. The first-order valence-electron chi connectivity index (χ1n) is 8.20. The Morgan fingerprint density at radius 3 is 1.29 bits per heavy atom. The Morgan fingerprint density at radius 2 is 0.792 bits per heavy atom. The largest absolute Gasteiger partial charge is 0.192 e. The molecule has 24 heavy (non-hydrogen) atoms. The average molecular weight is 316 g/mol.